The molecule has 2 fully saturated rings. The lowest BCUT2D eigenvalue weighted by atomic mass is 9.93. The minimum absolute atomic E-state index is 0.198. The lowest BCUT2D eigenvalue weighted by molar-refractivity contribution is -0.127. The normalized spacial score (nSPS) is 20.5. The van der Waals surface area contributed by atoms with Crippen molar-refractivity contribution in [1.29, 1.82) is 0 Å². The third kappa shape index (κ3) is 2.13. The number of hydrogen-bond acceptors (Lipinski definition) is 4. The lowest BCUT2D eigenvalue weighted by Crippen LogP contribution is -2.56. The fourth-order valence-corrected chi connectivity index (χ4v) is 3.34. The Balaban J connectivity index is 1.94. The summed E-state index contributed by atoms with van der Waals surface area (Å²) >= 11 is 0. The summed E-state index contributed by atoms with van der Waals surface area (Å²) in [5, 5.41) is 3.94. The zero-order valence-corrected chi connectivity index (χ0v) is 12.5. The van der Waals surface area contributed by atoms with E-state index in [9.17, 15) is 9.59 Å². The van der Waals surface area contributed by atoms with Crippen LogP contribution in [0.15, 0.2) is 4.52 Å². The van der Waals surface area contributed by atoms with E-state index >= 15 is 0 Å². The molecule has 0 aromatic carbocycles. The smallest absolute Gasteiger partial charge is 0.260 e. The minimum atomic E-state index is -0.860. The average Bonchev–Trinajstić information content (AvgIpc) is 3.03. The molecule has 2 saturated carbocycles. The first-order valence-corrected chi connectivity index (χ1v) is 7.51. The quantitative estimate of drug-likeness (QED) is 0.914. The summed E-state index contributed by atoms with van der Waals surface area (Å²) in [6, 6.07) is 0. The first kappa shape index (κ1) is 14.1. The number of nitrogens with two attached hydrogens (primary N) is 1. The fourth-order valence-electron chi connectivity index (χ4n) is 3.34. The summed E-state index contributed by atoms with van der Waals surface area (Å²) < 4.78 is 5.33. The molecule has 2 amide bonds. The van der Waals surface area contributed by atoms with Crippen LogP contribution in [0.3, 0.4) is 0 Å². The molecule has 6 nitrogen and oxygen atoms in total. The highest BCUT2D eigenvalue weighted by molar-refractivity contribution is 6.00. The maximum absolute atomic E-state index is 12.9. The van der Waals surface area contributed by atoms with E-state index < -0.39 is 11.4 Å². The van der Waals surface area contributed by atoms with Gasteiger partial charge in [0.1, 0.15) is 11.1 Å². The Morgan fingerprint density at radius 3 is 2.48 bits per heavy atom. The van der Waals surface area contributed by atoms with Gasteiger partial charge in [0.15, 0.2) is 5.76 Å². The van der Waals surface area contributed by atoms with Crippen LogP contribution in [0.5, 0.6) is 0 Å². The summed E-state index contributed by atoms with van der Waals surface area (Å²) in [6.45, 7) is 1.77. The molecule has 3 rings (SSSR count). The Morgan fingerprint density at radius 2 is 1.95 bits per heavy atom. The molecule has 1 aromatic heterocycles. The van der Waals surface area contributed by atoms with Gasteiger partial charge in [0, 0.05) is 13.0 Å². The van der Waals surface area contributed by atoms with Crippen LogP contribution in [0.4, 0.5) is 0 Å². The van der Waals surface area contributed by atoms with Gasteiger partial charge in [0.25, 0.3) is 5.91 Å². The van der Waals surface area contributed by atoms with Gasteiger partial charge in [-0.05, 0) is 32.6 Å². The Bertz CT molecular complexity index is 583. The molecule has 2 aliphatic rings. The van der Waals surface area contributed by atoms with Gasteiger partial charge in [-0.15, -0.1) is 0 Å². The largest absolute Gasteiger partial charge is 0.368 e. The Kier molecular flexibility index (Phi) is 3.26. The van der Waals surface area contributed by atoms with Crippen LogP contribution in [-0.2, 0) is 4.79 Å². The van der Waals surface area contributed by atoms with Gasteiger partial charge in [0.05, 0.1) is 5.69 Å². The van der Waals surface area contributed by atoms with Crippen LogP contribution in [0.25, 0.3) is 0 Å². The molecule has 2 aliphatic carbocycles. The molecule has 0 radical (unpaired) electrons. The number of primary amides is 1. The number of carbonyl (C=O) groups excluding carboxylic acids is 2. The Morgan fingerprint density at radius 1 is 1.33 bits per heavy atom. The SMILES string of the molecule is Cc1noc(C2CC2)c1C(=O)N(C)C1(C(N)=O)CCCC1. The van der Waals surface area contributed by atoms with Crippen molar-refractivity contribution in [2.75, 3.05) is 7.05 Å². The molecule has 0 spiro atoms. The zero-order valence-electron chi connectivity index (χ0n) is 12.5. The van der Waals surface area contributed by atoms with Gasteiger partial charge < -0.3 is 15.2 Å². The number of amides is 2. The van der Waals surface area contributed by atoms with Gasteiger partial charge in [-0.3, -0.25) is 9.59 Å². The van der Waals surface area contributed by atoms with E-state index in [2.05, 4.69) is 5.16 Å². The van der Waals surface area contributed by atoms with Crippen molar-refractivity contribution in [3.63, 3.8) is 0 Å². The number of aromatic nitrogens is 1. The predicted octanol–water partition coefficient (Wildman–Crippen LogP) is 1.73. The molecule has 0 atom stereocenters. The second-order valence-electron chi connectivity index (χ2n) is 6.25. The third-order valence-corrected chi connectivity index (χ3v) is 4.89. The van der Waals surface area contributed by atoms with Gasteiger partial charge in [0.2, 0.25) is 5.91 Å². The van der Waals surface area contributed by atoms with E-state index in [1.165, 1.54) is 4.90 Å². The second kappa shape index (κ2) is 4.86. The topological polar surface area (TPSA) is 89.4 Å². The van der Waals surface area contributed by atoms with E-state index in [1.807, 2.05) is 0 Å². The van der Waals surface area contributed by atoms with E-state index in [4.69, 9.17) is 10.3 Å². The highest BCUT2D eigenvalue weighted by Gasteiger charge is 2.47. The molecular formula is C15H21N3O3. The van der Waals surface area contributed by atoms with Gasteiger partial charge in [-0.2, -0.15) is 0 Å². The first-order chi connectivity index (χ1) is 9.97. The van der Waals surface area contributed by atoms with Crippen LogP contribution < -0.4 is 5.73 Å². The summed E-state index contributed by atoms with van der Waals surface area (Å²) in [5.74, 6) is 0.350. The number of carbonyl (C=O) groups is 2. The van der Waals surface area contributed by atoms with Crippen molar-refractivity contribution in [2.45, 2.75) is 56.9 Å². The number of likely N-dealkylation sites (N-methyl/N-ethyl adjacent to an activating group) is 1. The standard InChI is InChI=1S/C15H21N3O3/c1-9-11(12(21-17-9)10-5-6-10)13(19)18(2)15(14(16)20)7-3-4-8-15/h10H,3-8H2,1-2H3,(H2,16,20). The van der Waals surface area contributed by atoms with E-state index in [0.717, 1.165) is 25.7 Å². The van der Waals surface area contributed by atoms with Gasteiger partial charge >= 0.3 is 0 Å². The molecule has 0 unspecified atom stereocenters. The summed E-state index contributed by atoms with van der Waals surface area (Å²) in [6.07, 6.45) is 5.15. The van der Waals surface area contributed by atoms with Crippen molar-refractivity contribution < 1.29 is 14.1 Å². The molecule has 0 bridgehead atoms. The van der Waals surface area contributed by atoms with Crippen molar-refractivity contribution in [3.8, 4) is 0 Å². The second-order valence-corrected chi connectivity index (χ2v) is 6.25. The Labute approximate surface area is 123 Å². The molecule has 2 N–H and O–H groups in total. The average molecular weight is 291 g/mol. The summed E-state index contributed by atoms with van der Waals surface area (Å²) in [5.41, 5.74) is 5.85. The van der Waals surface area contributed by atoms with Crippen LogP contribution in [0.1, 0.15) is 66.3 Å². The predicted molar refractivity (Wildman–Crippen MR) is 75.7 cm³/mol. The fraction of sp³-hybridized carbons (Fsp3) is 0.667. The summed E-state index contributed by atoms with van der Waals surface area (Å²) in [4.78, 5) is 26.4. The Hall–Kier alpha value is -1.85. The van der Waals surface area contributed by atoms with Crippen LogP contribution in [0.2, 0.25) is 0 Å². The maximum Gasteiger partial charge on any atom is 0.260 e. The molecule has 6 heteroatoms. The van der Waals surface area contributed by atoms with Crippen molar-refractivity contribution in [1.82, 2.24) is 10.1 Å². The van der Waals surface area contributed by atoms with E-state index in [1.54, 1.807) is 14.0 Å². The third-order valence-electron chi connectivity index (χ3n) is 4.89. The van der Waals surface area contributed by atoms with Crippen molar-refractivity contribution in [3.05, 3.63) is 17.0 Å². The molecular weight excluding hydrogens is 270 g/mol. The molecule has 114 valence electrons. The lowest BCUT2D eigenvalue weighted by Gasteiger charge is -2.35. The minimum Gasteiger partial charge on any atom is -0.368 e. The highest BCUT2D eigenvalue weighted by Crippen LogP contribution is 2.43. The molecule has 21 heavy (non-hydrogen) atoms. The molecule has 1 heterocycles. The zero-order chi connectivity index (χ0) is 15.2. The summed E-state index contributed by atoms with van der Waals surface area (Å²) in [7, 11) is 1.67. The van der Waals surface area contributed by atoms with Crippen LogP contribution in [-0.4, -0.2) is 34.5 Å². The molecule has 0 aliphatic heterocycles. The number of nitrogens with zero attached hydrogens (tertiary/aromatic N) is 2. The number of aryl methyl sites for hydroxylation is 1. The molecule has 0 saturated heterocycles. The monoisotopic (exact) mass is 291 g/mol. The van der Waals surface area contributed by atoms with Crippen molar-refractivity contribution in [2.24, 2.45) is 5.73 Å². The first-order valence-electron chi connectivity index (χ1n) is 7.51. The number of rotatable bonds is 4. The van der Waals surface area contributed by atoms with Gasteiger partial charge in [-0.25, -0.2) is 0 Å². The van der Waals surface area contributed by atoms with Crippen molar-refractivity contribution >= 4 is 11.8 Å². The maximum atomic E-state index is 12.9. The van der Waals surface area contributed by atoms with E-state index in [0.29, 0.717) is 35.8 Å². The highest BCUT2D eigenvalue weighted by atomic mass is 16.5. The van der Waals surface area contributed by atoms with Crippen LogP contribution in [0, 0.1) is 6.92 Å². The van der Waals surface area contributed by atoms with Crippen LogP contribution >= 0.6 is 0 Å². The van der Waals surface area contributed by atoms with E-state index in [-0.39, 0.29) is 5.91 Å². The van der Waals surface area contributed by atoms with Gasteiger partial charge in [-0.1, -0.05) is 18.0 Å². The molecule has 1 aromatic rings. The number of hydrogen-bond donors (Lipinski definition) is 1.